The van der Waals surface area contributed by atoms with E-state index < -0.39 is 0 Å². The predicted octanol–water partition coefficient (Wildman–Crippen LogP) is 2.52. The Labute approximate surface area is 103 Å². The minimum atomic E-state index is -0.187. The third-order valence-electron chi connectivity index (χ3n) is 3.25. The van der Waals surface area contributed by atoms with Crippen LogP contribution in [0.3, 0.4) is 0 Å². The number of H-pyrrole nitrogens is 1. The van der Waals surface area contributed by atoms with E-state index in [9.17, 15) is 4.79 Å². The van der Waals surface area contributed by atoms with Crippen molar-refractivity contribution in [2.45, 2.75) is 38.6 Å². The van der Waals surface area contributed by atoms with Crippen LogP contribution in [0.15, 0.2) is 15.5 Å². The van der Waals surface area contributed by atoms with E-state index in [0.29, 0.717) is 16.4 Å². The molecule has 0 aliphatic heterocycles. The average Bonchev–Trinajstić information content (AvgIpc) is 2.28. The summed E-state index contributed by atoms with van der Waals surface area (Å²) < 4.78 is 0.542. The van der Waals surface area contributed by atoms with Crippen molar-refractivity contribution in [3.63, 3.8) is 0 Å². The average molecular weight is 286 g/mol. The second kappa shape index (κ2) is 4.99. The van der Waals surface area contributed by atoms with Gasteiger partial charge in [0.1, 0.15) is 4.47 Å². The molecule has 4 nitrogen and oxygen atoms in total. The maximum atomic E-state index is 11.4. The lowest BCUT2D eigenvalue weighted by Gasteiger charge is -2.30. The van der Waals surface area contributed by atoms with E-state index in [1.807, 2.05) is 0 Å². The third-order valence-corrected chi connectivity index (χ3v) is 4.04. The molecular weight excluding hydrogens is 270 g/mol. The van der Waals surface area contributed by atoms with Crippen LogP contribution in [0.4, 0.5) is 5.69 Å². The topological polar surface area (TPSA) is 57.8 Å². The first-order valence-electron chi connectivity index (χ1n) is 5.68. The molecule has 0 spiro atoms. The first kappa shape index (κ1) is 11.6. The first-order chi connectivity index (χ1) is 7.68. The van der Waals surface area contributed by atoms with Crippen LogP contribution in [0.25, 0.3) is 0 Å². The molecule has 0 amide bonds. The Morgan fingerprint density at radius 3 is 3.00 bits per heavy atom. The van der Waals surface area contributed by atoms with Crippen molar-refractivity contribution in [3.8, 4) is 0 Å². The number of rotatable bonds is 2. The van der Waals surface area contributed by atoms with E-state index in [2.05, 4.69) is 38.4 Å². The van der Waals surface area contributed by atoms with Gasteiger partial charge in [-0.2, -0.15) is 5.10 Å². The van der Waals surface area contributed by atoms with Gasteiger partial charge in [-0.1, -0.05) is 19.8 Å². The fourth-order valence-electron chi connectivity index (χ4n) is 2.21. The number of aromatic amines is 1. The van der Waals surface area contributed by atoms with E-state index >= 15 is 0 Å². The molecule has 16 heavy (non-hydrogen) atoms. The van der Waals surface area contributed by atoms with E-state index in [1.54, 1.807) is 6.20 Å². The minimum absolute atomic E-state index is 0.187. The first-order valence-corrected chi connectivity index (χ1v) is 6.47. The molecule has 0 aromatic carbocycles. The third kappa shape index (κ3) is 2.45. The molecule has 88 valence electrons. The number of hydrogen-bond acceptors (Lipinski definition) is 3. The molecule has 1 aromatic rings. The van der Waals surface area contributed by atoms with Gasteiger partial charge in [-0.05, 0) is 34.7 Å². The van der Waals surface area contributed by atoms with Gasteiger partial charge in [-0.3, -0.25) is 4.79 Å². The van der Waals surface area contributed by atoms with Crippen LogP contribution in [0.1, 0.15) is 32.6 Å². The maximum absolute atomic E-state index is 11.4. The second-order valence-electron chi connectivity index (χ2n) is 4.44. The number of anilines is 1. The maximum Gasteiger partial charge on any atom is 0.280 e. The van der Waals surface area contributed by atoms with Crippen molar-refractivity contribution >= 4 is 21.6 Å². The van der Waals surface area contributed by atoms with E-state index in [-0.39, 0.29) is 5.56 Å². The fourth-order valence-corrected chi connectivity index (χ4v) is 2.52. The molecule has 5 heteroatoms. The Morgan fingerprint density at radius 1 is 1.50 bits per heavy atom. The second-order valence-corrected chi connectivity index (χ2v) is 5.23. The Balaban J connectivity index is 2.14. The largest absolute Gasteiger partial charge is 0.380 e. The van der Waals surface area contributed by atoms with E-state index in [4.69, 9.17) is 0 Å². The van der Waals surface area contributed by atoms with Gasteiger partial charge < -0.3 is 5.32 Å². The van der Waals surface area contributed by atoms with Gasteiger partial charge in [0.15, 0.2) is 0 Å². The Hall–Kier alpha value is -0.840. The zero-order valence-corrected chi connectivity index (χ0v) is 10.9. The summed E-state index contributed by atoms with van der Waals surface area (Å²) in [7, 11) is 0. The number of hydrogen-bond donors (Lipinski definition) is 2. The van der Waals surface area contributed by atoms with Crippen molar-refractivity contribution in [2.75, 3.05) is 5.32 Å². The zero-order chi connectivity index (χ0) is 11.5. The lowest BCUT2D eigenvalue weighted by atomic mass is 9.86. The van der Waals surface area contributed by atoms with Gasteiger partial charge in [0.05, 0.1) is 11.9 Å². The molecule has 2 N–H and O–H groups in total. The van der Waals surface area contributed by atoms with Gasteiger partial charge in [0.25, 0.3) is 5.56 Å². The molecule has 1 heterocycles. The van der Waals surface area contributed by atoms with Crippen molar-refractivity contribution in [1.29, 1.82) is 0 Å². The summed E-state index contributed by atoms with van der Waals surface area (Å²) in [5.41, 5.74) is 0.607. The molecule has 1 aromatic heterocycles. The summed E-state index contributed by atoms with van der Waals surface area (Å²) in [5, 5.41) is 9.61. The smallest absolute Gasteiger partial charge is 0.280 e. The molecule has 1 fully saturated rings. The van der Waals surface area contributed by atoms with Crippen LogP contribution in [-0.4, -0.2) is 16.2 Å². The molecule has 1 saturated carbocycles. The van der Waals surface area contributed by atoms with Gasteiger partial charge in [-0.25, -0.2) is 5.10 Å². The quantitative estimate of drug-likeness (QED) is 0.878. The highest BCUT2D eigenvalue weighted by Gasteiger charge is 2.21. The Kier molecular flexibility index (Phi) is 3.63. The van der Waals surface area contributed by atoms with E-state index in [0.717, 1.165) is 5.69 Å². The summed E-state index contributed by atoms with van der Waals surface area (Å²) in [6.07, 6.45) is 6.66. The molecule has 1 aliphatic rings. The van der Waals surface area contributed by atoms with Gasteiger partial charge in [0.2, 0.25) is 0 Å². The van der Waals surface area contributed by atoms with E-state index in [1.165, 1.54) is 25.7 Å². The number of aromatic nitrogens is 2. The monoisotopic (exact) mass is 285 g/mol. The molecule has 0 radical (unpaired) electrons. The summed E-state index contributed by atoms with van der Waals surface area (Å²) >= 11 is 3.28. The summed E-state index contributed by atoms with van der Waals surface area (Å²) in [4.78, 5) is 11.4. The van der Waals surface area contributed by atoms with Crippen LogP contribution in [0.2, 0.25) is 0 Å². The van der Waals surface area contributed by atoms with Crippen LogP contribution in [0.5, 0.6) is 0 Å². The molecule has 2 unspecified atom stereocenters. The highest BCUT2D eigenvalue weighted by atomic mass is 79.9. The number of nitrogens with one attached hydrogen (secondary N) is 2. The fraction of sp³-hybridized carbons (Fsp3) is 0.636. The predicted molar refractivity (Wildman–Crippen MR) is 67.6 cm³/mol. The lowest BCUT2D eigenvalue weighted by Crippen LogP contribution is -2.31. The lowest BCUT2D eigenvalue weighted by molar-refractivity contribution is 0.349. The molecular formula is C11H16BrN3O. The Morgan fingerprint density at radius 2 is 2.25 bits per heavy atom. The van der Waals surface area contributed by atoms with Crippen LogP contribution in [-0.2, 0) is 0 Å². The highest BCUT2D eigenvalue weighted by molar-refractivity contribution is 9.10. The Bertz CT molecular complexity index is 418. The standard InChI is InChI=1S/C11H16BrN3O/c1-7-4-2-3-5-8(7)14-9-6-13-15-11(16)10(9)12/h6-8H,2-5H2,1H3,(H2,14,15,16). The van der Waals surface area contributed by atoms with Crippen LogP contribution >= 0.6 is 15.9 Å². The summed E-state index contributed by atoms with van der Waals surface area (Å²) in [6.45, 7) is 2.26. The number of nitrogens with zero attached hydrogens (tertiary/aromatic N) is 1. The SMILES string of the molecule is CC1CCCCC1Nc1cn[nH]c(=O)c1Br. The zero-order valence-electron chi connectivity index (χ0n) is 9.29. The molecule has 2 atom stereocenters. The normalized spacial score (nSPS) is 25.4. The summed E-state index contributed by atoms with van der Waals surface area (Å²) in [6, 6.07) is 0.452. The molecule has 0 saturated heterocycles. The van der Waals surface area contributed by atoms with Crippen LogP contribution in [0, 0.1) is 5.92 Å². The van der Waals surface area contributed by atoms with Gasteiger partial charge in [0, 0.05) is 6.04 Å². The van der Waals surface area contributed by atoms with Crippen molar-refractivity contribution in [2.24, 2.45) is 5.92 Å². The van der Waals surface area contributed by atoms with Crippen LogP contribution < -0.4 is 10.9 Å². The van der Waals surface area contributed by atoms with Crippen molar-refractivity contribution < 1.29 is 0 Å². The van der Waals surface area contributed by atoms with Crippen molar-refractivity contribution in [1.82, 2.24) is 10.2 Å². The van der Waals surface area contributed by atoms with Gasteiger partial charge >= 0.3 is 0 Å². The molecule has 0 bridgehead atoms. The number of halogens is 1. The molecule has 2 rings (SSSR count). The molecule has 1 aliphatic carbocycles. The van der Waals surface area contributed by atoms with Gasteiger partial charge in [-0.15, -0.1) is 0 Å². The highest BCUT2D eigenvalue weighted by Crippen LogP contribution is 2.28. The summed E-state index contributed by atoms with van der Waals surface area (Å²) in [5.74, 6) is 0.653. The minimum Gasteiger partial charge on any atom is -0.380 e. The van der Waals surface area contributed by atoms with Crippen molar-refractivity contribution in [3.05, 3.63) is 21.0 Å².